The Morgan fingerprint density at radius 1 is 1.55 bits per heavy atom. The first kappa shape index (κ1) is 16.6. The molecule has 0 aliphatic rings. The van der Waals surface area contributed by atoms with Crippen LogP contribution in [0.3, 0.4) is 0 Å². The molecule has 1 unspecified atom stereocenters. The normalized spacial score (nSPS) is 12.2. The molecule has 0 aliphatic heterocycles. The lowest BCUT2D eigenvalue weighted by atomic mass is 10.1. The van der Waals surface area contributed by atoms with Crippen LogP contribution in [0.4, 0.5) is 11.4 Å². The van der Waals surface area contributed by atoms with Crippen LogP contribution in [0.25, 0.3) is 0 Å². The molecule has 5 nitrogen and oxygen atoms in total. The van der Waals surface area contributed by atoms with Crippen LogP contribution in [0, 0.1) is 0 Å². The zero-order valence-corrected chi connectivity index (χ0v) is 12.8. The Morgan fingerprint density at radius 3 is 2.70 bits per heavy atom. The topological polar surface area (TPSA) is 75.8 Å². The van der Waals surface area contributed by atoms with Crippen molar-refractivity contribution >= 4 is 28.9 Å². The maximum Gasteiger partial charge on any atom is 0.337 e. The van der Waals surface area contributed by atoms with Crippen LogP contribution >= 0.6 is 11.6 Å². The van der Waals surface area contributed by atoms with Gasteiger partial charge >= 0.3 is 5.97 Å². The minimum Gasteiger partial charge on any atom is -0.478 e. The summed E-state index contributed by atoms with van der Waals surface area (Å²) >= 11 is 6.23. The van der Waals surface area contributed by atoms with Crippen LogP contribution in [-0.2, 0) is 4.74 Å². The molecule has 0 amide bonds. The molecule has 1 aromatic rings. The third-order valence-corrected chi connectivity index (χ3v) is 3.55. The maximum absolute atomic E-state index is 11.4. The molecular formula is C14H21ClN2O3. The molecule has 0 heterocycles. The number of halogens is 1. The largest absolute Gasteiger partial charge is 0.478 e. The average Bonchev–Trinajstić information content (AvgIpc) is 2.39. The van der Waals surface area contributed by atoms with Crippen LogP contribution in [0.2, 0.25) is 5.02 Å². The van der Waals surface area contributed by atoms with E-state index in [4.69, 9.17) is 22.1 Å². The van der Waals surface area contributed by atoms with Crippen molar-refractivity contribution in [3.05, 3.63) is 22.7 Å². The second-order valence-electron chi connectivity index (χ2n) is 4.65. The number of nitrogens with zero attached hydrogens (tertiary/aromatic N) is 1. The molecule has 6 heteroatoms. The first-order chi connectivity index (χ1) is 9.42. The van der Waals surface area contributed by atoms with Gasteiger partial charge in [-0.05, 0) is 25.5 Å². The van der Waals surface area contributed by atoms with Gasteiger partial charge in [-0.1, -0.05) is 18.5 Å². The quantitative estimate of drug-likeness (QED) is 0.757. The molecule has 0 fully saturated rings. The van der Waals surface area contributed by atoms with E-state index in [2.05, 4.69) is 0 Å². The molecule has 1 rings (SSSR count). The Balaban J connectivity index is 3.33. The summed E-state index contributed by atoms with van der Waals surface area (Å²) in [4.78, 5) is 13.4. The van der Waals surface area contributed by atoms with Crippen molar-refractivity contribution in [2.24, 2.45) is 0 Å². The molecule has 20 heavy (non-hydrogen) atoms. The third kappa shape index (κ3) is 3.77. The van der Waals surface area contributed by atoms with E-state index < -0.39 is 5.97 Å². The highest BCUT2D eigenvalue weighted by Crippen LogP contribution is 2.34. The number of carboxylic acids is 1. The van der Waals surface area contributed by atoms with Crippen molar-refractivity contribution in [1.29, 1.82) is 0 Å². The molecule has 1 atom stereocenters. The van der Waals surface area contributed by atoms with Crippen LogP contribution in [0.1, 0.15) is 30.6 Å². The molecule has 112 valence electrons. The molecular weight excluding hydrogens is 280 g/mol. The van der Waals surface area contributed by atoms with E-state index >= 15 is 0 Å². The third-order valence-electron chi connectivity index (χ3n) is 3.26. The van der Waals surface area contributed by atoms with Crippen molar-refractivity contribution < 1.29 is 14.6 Å². The van der Waals surface area contributed by atoms with Gasteiger partial charge < -0.3 is 20.5 Å². The molecule has 0 spiro atoms. The summed E-state index contributed by atoms with van der Waals surface area (Å²) < 4.78 is 5.10. The predicted molar refractivity (Wildman–Crippen MR) is 81.8 cm³/mol. The van der Waals surface area contributed by atoms with Gasteiger partial charge in [0.05, 0.1) is 22.9 Å². The highest BCUT2D eigenvalue weighted by Gasteiger charge is 2.23. The van der Waals surface area contributed by atoms with E-state index in [0.717, 1.165) is 6.42 Å². The number of carboxylic acid groups (broad SMARTS) is 1. The van der Waals surface area contributed by atoms with E-state index in [9.17, 15) is 9.90 Å². The SMILES string of the molecule is CCC(C)N(CCOC)c1c(Cl)cc(N)cc1C(=O)O. The summed E-state index contributed by atoms with van der Waals surface area (Å²) in [6.45, 7) is 5.11. The zero-order chi connectivity index (χ0) is 15.3. The Labute approximate surface area is 124 Å². The fourth-order valence-corrected chi connectivity index (χ4v) is 2.37. The number of carbonyl (C=O) groups is 1. The molecule has 0 radical (unpaired) electrons. The van der Waals surface area contributed by atoms with Gasteiger partial charge in [0.15, 0.2) is 0 Å². The summed E-state index contributed by atoms with van der Waals surface area (Å²) in [5, 5.41) is 9.72. The second kappa shape index (κ2) is 7.36. The molecule has 3 N–H and O–H groups in total. The number of rotatable bonds is 7. The number of methoxy groups -OCH3 is 1. The Kier molecular flexibility index (Phi) is 6.10. The first-order valence-corrected chi connectivity index (χ1v) is 6.88. The minimum absolute atomic E-state index is 0.117. The number of nitrogen functional groups attached to an aromatic ring is 1. The van der Waals surface area contributed by atoms with Gasteiger partial charge in [0.25, 0.3) is 0 Å². The number of hydrogen-bond acceptors (Lipinski definition) is 4. The Hall–Kier alpha value is -1.46. The molecule has 0 bridgehead atoms. The highest BCUT2D eigenvalue weighted by atomic mass is 35.5. The van der Waals surface area contributed by atoms with Gasteiger partial charge in [-0.15, -0.1) is 0 Å². The van der Waals surface area contributed by atoms with E-state index in [0.29, 0.717) is 29.5 Å². The van der Waals surface area contributed by atoms with Crippen LogP contribution in [-0.4, -0.2) is 37.4 Å². The highest BCUT2D eigenvalue weighted by molar-refractivity contribution is 6.34. The van der Waals surface area contributed by atoms with Gasteiger partial charge in [0.1, 0.15) is 0 Å². The van der Waals surface area contributed by atoms with E-state index in [1.54, 1.807) is 13.2 Å². The average molecular weight is 301 g/mol. The predicted octanol–water partition coefficient (Wildman–Crippen LogP) is 2.87. The van der Waals surface area contributed by atoms with E-state index in [1.165, 1.54) is 6.07 Å². The van der Waals surface area contributed by atoms with Crippen LogP contribution in [0.5, 0.6) is 0 Å². The number of benzene rings is 1. The molecule has 0 saturated heterocycles. The van der Waals surface area contributed by atoms with Gasteiger partial charge in [-0.25, -0.2) is 4.79 Å². The molecule has 0 aromatic heterocycles. The number of anilines is 2. The van der Waals surface area contributed by atoms with Gasteiger partial charge in [-0.2, -0.15) is 0 Å². The second-order valence-corrected chi connectivity index (χ2v) is 5.05. The standard InChI is InChI=1S/C14H21ClN2O3/c1-4-9(2)17(5-6-20-3)13-11(14(18)19)7-10(16)8-12(13)15/h7-9H,4-6,16H2,1-3H3,(H,18,19). The lowest BCUT2D eigenvalue weighted by Gasteiger charge is -2.32. The van der Waals surface area contributed by atoms with E-state index in [1.807, 2.05) is 18.7 Å². The van der Waals surface area contributed by atoms with Crippen molar-refractivity contribution in [3.8, 4) is 0 Å². The first-order valence-electron chi connectivity index (χ1n) is 6.50. The number of nitrogens with two attached hydrogens (primary N) is 1. The fraction of sp³-hybridized carbons (Fsp3) is 0.500. The van der Waals surface area contributed by atoms with Crippen molar-refractivity contribution in [2.45, 2.75) is 26.3 Å². The van der Waals surface area contributed by atoms with Crippen molar-refractivity contribution in [1.82, 2.24) is 0 Å². The maximum atomic E-state index is 11.4. The Morgan fingerprint density at radius 2 is 2.20 bits per heavy atom. The lowest BCUT2D eigenvalue weighted by Crippen LogP contribution is -2.36. The van der Waals surface area contributed by atoms with Gasteiger partial charge in [0, 0.05) is 25.4 Å². The number of aromatic carboxylic acids is 1. The molecule has 0 aliphatic carbocycles. The van der Waals surface area contributed by atoms with Gasteiger partial charge in [0.2, 0.25) is 0 Å². The lowest BCUT2D eigenvalue weighted by molar-refractivity contribution is 0.0697. The fourth-order valence-electron chi connectivity index (χ4n) is 2.04. The minimum atomic E-state index is -1.04. The summed E-state index contributed by atoms with van der Waals surface area (Å²) in [5.74, 6) is -1.04. The Bertz CT molecular complexity index is 480. The summed E-state index contributed by atoms with van der Waals surface area (Å²) in [6, 6.07) is 3.15. The van der Waals surface area contributed by atoms with Crippen LogP contribution in [0.15, 0.2) is 12.1 Å². The van der Waals surface area contributed by atoms with Crippen molar-refractivity contribution in [2.75, 3.05) is 30.9 Å². The summed E-state index contributed by atoms with van der Waals surface area (Å²) in [6.07, 6.45) is 0.865. The monoisotopic (exact) mass is 300 g/mol. The molecule has 0 saturated carbocycles. The summed E-state index contributed by atoms with van der Waals surface area (Å²) in [5.41, 5.74) is 6.64. The van der Waals surface area contributed by atoms with Crippen LogP contribution < -0.4 is 10.6 Å². The number of hydrogen-bond donors (Lipinski definition) is 2. The van der Waals surface area contributed by atoms with E-state index in [-0.39, 0.29) is 11.6 Å². The molecule has 1 aromatic carbocycles. The zero-order valence-electron chi connectivity index (χ0n) is 12.0. The van der Waals surface area contributed by atoms with Crippen molar-refractivity contribution in [3.63, 3.8) is 0 Å². The summed E-state index contributed by atoms with van der Waals surface area (Å²) in [7, 11) is 1.61. The van der Waals surface area contributed by atoms with Gasteiger partial charge in [-0.3, -0.25) is 0 Å². The number of ether oxygens (including phenoxy) is 1. The smallest absolute Gasteiger partial charge is 0.337 e.